The van der Waals surface area contributed by atoms with E-state index in [0.717, 1.165) is 16.7 Å². The van der Waals surface area contributed by atoms with Gasteiger partial charge in [0.15, 0.2) is 0 Å². The predicted molar refractivity (Wildman–Crippen MR) is 231 cm³/mol. The van der Waals surface area contributed by atoms with Crippen molar-refractivity contribution in [1.82, 2.24) is 31.1 Å². The van der Waals surface area contributed by atoms with Crippen molar-refractivity contribution in [3.05, 3.63) is 47.0 Å². The molecular formula is C42H63N7O12S. The highest BCUT2D eigenvalue weighted by Gasteiger charge is 2.42. The van der Waals surface area contributed by atoms with Crippen LogP contribution in [0.2, 0.25) is 0 Å². The molecule has 6 atom stereocenters. The number of hydrogen-bond acceptors (Lipinski definition) is 12. The second-order valence-corrected chi connectivity index (χ2v) is 18.5. The molecule has 0 aliphatic carbocycles. The zero-order chi connectivity index (χ0) is 47.4. The zero-order valence-electron chi connectivity index (χ0n) is 37.1. The fourth-order valence-corrected chi connectivity index (χ4v) is 7.95. The quantitative estimate of drug-likeness (QED) is 0.0561. The summed E-state index contributed by atoms with van der Waals surface area (Å²) in [7, 11) is 3.16. The molecule has 20 heteroatoms. The minimum Gasteiger partial charge on any atom is -0.481 e. The standard InChI is InChI=1S/C42H63N7O12S/c1-22(2)28(19-23(3)34(53)46-27(40(60)61)15-16-31(51)52)48(10)38(57)33(41(4,5)6)47-36(55)32(44-9)42(7,8)25-13-11-24(12-14-25)35(54)45-17-18-49-30(50)20-29(37(49)56)62-21-26(43)39(58)59/h11-14,19,22,26-29,32-33,44H,15-18,20-21,43H2,1-10H3,(H,45,54)(H,46,53)(H,47,55)(H,51,52)(H,58,59)(H,60,61)/b23-19+/t26-,27+,28?,29?,32?,33?/m0/s1. The van der Waals surface area contributed by atoms with Crippen molar-refractivity contribution in [2.24, 2.45) is 17.1 Å². The Morgan fingerprint density at radius 3 is 2.05 bits per heavy atom. The molecule has 1 fully saturated rings. The summed E-state index contributed by atoms with van der Waals surface area (Å²) in [5, 5.41) is 37.8. The lowest BCUT2D eigenvalue weighted by atomic mass is 9.76. The number of rotatable bonds is 23. The first kappa shape index (κ1) is 52.8. The van der Waals surface area contributed by atoms with Gasteiger partial charge in [-0.3, -0.25) is 43.3 Å². The van der Waals surface area contributed by atoms with Crippen molar-refractivity contribution < 1.29 is 58.5 Å². The number of nitrogens with zero attached hydrogens (tertiary/aromatic N) is 2. The van der Waals surface area contributed by atoms with Gasteiger partial charge in [0.1, 0.15) is 18.1 Å². The Kier molecular flexibility index (Phi) is 19.3. The average Bonchev–Trinajstić information content (AvgIpc) is 3.45. The van der Waals surface area contributed by atoms with Gasteiger partial charge in [0.2, 0.25) is 29.5 Å². The first-order valence-corrected chi connectivity index (χ1v) is 21.2. The number of carbonyl (C=O) groups excluding carboxylic acids is 6. The second-order valence-electron chi connectivity index (χ2n) is 17.3. The summed E-state index contributed by atoms with van der Waals surface area (Å²) in [4.78, 5) is 116. The van der Waals surface area contributed by atoms with Gasteiger partial charge in [0.25, 0.3) is 5.91 Å². The highest BCUT2D eigenvalue weighted by molar-refractivity contribution is 8.00. The van der Waals surface area contributed by atoms with Crippen molar-refractivity contribution in [2.45, 2.75) is 116 Å². The molecule has 2 rings (SSSR count). The number of thioether (sulfide) groups is 1. The fraction of sp³-hybridized carbons (Fsp3) is 0.595. The van der Waals surface area contributed by atoms with Crippen LogP contribution in [0.1, 0.15) is 90.6 Å². The molecule has 0 saturated carbocycles. The molecular weight excluding hydrogens is 827 g/mol. The molecule has 1 heterocycles. The third-order valence-electron chi connectivity index (χ3n) is 10.7. The van der Waals surface area contributed by atoms with Crippen LogP contribution in [0.4, 0.5) is 0 Å². The second kappa shape index (κ2) is 22.7. The highest BCUT2D eigenvalue weighted by atomic mass is 32.2. The summed E-state index contributed by atoms with van der Waals surface area (Å²) in [6, 6.07) is 1.38. The summed E-state index contributed by atoms with van der Waals surface area (Å²) < 4.78 is 0. The van der Waals surface area contributed by atoms with E-state index in [0.29, 0.717) is 5.56 Å². The molecule has 0 bridgehead atoms. The maximum Gasteiger partial charge on any atom is 0.326 e. The summed E-state index contributed by atoms with van der Waals surface area (Å²) in [6.07, 6.45) is 0.672. The Hall–Kier alpha value is -5.34. The van der Waals surface area contributed by atoms with E-state index < -0.39 is 106 Å². The molecule has 1 aromatic carbocycles. The smallest absolute Gasteiger partial charge is 0.326 e. The third-order valence-corrected chi connectivity index (χ3v) is 12.0. The van der Waals surface area contributed by atoms with Gasteiger partial charge in [-0.1, -0.05) is 66.7 Å². The Morgan fingerprint density at radius 1 is 0.952 bits per heavy atom. The first-order chi connectivity index (χ1) is 28.6. The van der Waals surface area contributed by atoms with Crippen molar-refractivity contribution in [3.8, 4) is 0 Å². The monoisotopic (exact) mass is 889 g/mol. The minimum absolute atomic E-state index is 0.0209. The lowest BCUT2D eigenvalue weighted by molar-refractivity contribution is -0.143. The van der Waals surface area contributed by atoms with Gasteiger partial charge in [0, 0.05) is 55.3 Å². The molecule has 62 heavy (non-hydrogen) atoms. The summed E-state index contributed by atoms with van der Waals surface area (Å²) >= 11 is 1.01. The molecule has 1 saturated heterocycles. The van der Waals surface area contributed by atoms with Crippen LogP contribution in [0.3, 0.4) is 0 Å². The van der Waals surface area contributed by atoms with Crippen LogP contribution in [0, 0.1) is 11.3 Å². The van der Waals surface area contributed by atoms with Gasteiger partial charge in [0.05, 0.1) is 17.3 Å². The lowest BCUT2D eigenvalue weighted by Crippen LogP contribution is -2.61. The topological polar surface area (TPSA) is 295 Å². The Balaban J connectivity index is 2.18. The fourth-order valence-electron chi connectivity index (χ4n) is 6.84. The Labute approximate surface area is 366 Å². The van der Waals surface area contributed by atoms with E-state index in [2.05, 4.69) is 21.3 Å². The van der Waals surface area contributed by atoms with Crippen molar-refractivity contribution in [3.63, 3.8) is 0 Å². The highest BCUT2D eigenvalue weighted by Crippen LogP contribution is 2.30. The van der Waals surface area contributed by atoms with Crippen LogP contribution in [-0.2, 0) is 43.8 Å². The zero-order valence-corrected chi connectivity index (χ0v) is 37.9. The molecule has 19 nitrogen and oxygen atoms in total. The molecule has 0 radical (unpaired) electrons. The molecule has 1 aliphatic rings. The number of likely N-dealkylation sites (N-methyl/N-ethyl adjacent to an activating group) is 2. The van der Waals surface area contributed by atoms with Crippen LogP contribution < -0.4 is 27.0 Å². The van der Waals surface area contributed by atoms with Gasteiger partial charge >= 0.3 is 17.9 Å². The molecule has 9 N–H and O–H groups in total. The number of nitrogens with one attached hydrogen (secondary N) is 4. The van der Waals surface area contributed by atoms with E-state index in [-0.39, 0.29) is 48.7 Å². The van der Waals surface area contributed by atoms with E-state index in [4.69, 9.17) is 15.9 Å². The van der Waals surface area contributed by atoms with Crippen molar-refractivity contribution in [1.29, 1.82) is 0 Å². The molecule has 4 unspecified atom stereocenters. The number of benzene rings is 1. The van der Waals surface area contributed by atoms with Gasteiger partial charge in [-0.25, -0.2) is 4.79 Å². The van der Waals surface area contributed by atoms with Crippen molar-refractivity contribution >= 4 is 65.1 Å². The number of aliphatic carboxylic acids is 3. The van der Waals surface area contributed by atoms with Crippen LogP contribution in [-0.4, -0.2) is 147 Å². The van der Waals surface area contributed by atoms with Crippen LogP contribution in [0.5, 0.6) is 0 Å². The molecule has 1 aromatic rings. The van der Waals surface area contributed by atoms with Gasteiger partial charge in [-0.15, -0.1) is 11.8 Å². The molecule has 6 amide bonds. The van der Waals surface area contributed by atoms with Crippen LogP contribution in [0.25, 0.3) is 0 Å². The number of carbonyl (C=O) groups is 9. The van der Waals surface area contributed by atoms with Gasteiger partial charge in [-0.2, -0.15) is 0 Å². The van der Waals surface area contributed by atoms with Crippen LogP contribution >= 0.6 is 11.8 Å². The maximum absolute atomic E-state index is 14.3. The average molecular weight is 890 g/mol. The number of carboxylic acids is 3. The normalized spacial score (nSPS) is 17.1. The molecule has 1 aliphatic heterocycles. The number of hydrogen-bond donors (Lipinski definition) is 8. The molecule has 344 valence electrons. The summed E-state index contributed by atoms with van der Waals surface area (Å²) in [5.74, 6) is -7.08. The van der Waals surface area contributed by atoms with E-state index >= 15 is 0 Å². The first-order valence-electron chi connectivity index (χ1n) is 20.2. The summed E-state index contributed by atoms with van der Waals surface area (Å²) in [5.41, 5.74) is 4.91. The van der Waals surface area contributed by atoms with Crippen LogP contribution in [0.15, 0.2) is 35.9 Å². The molecule has 0 aromatic heterocycles. The van der Waals surface area contributed by atoms with E-state index in [1.165, 1.54) is 17.9 Å². The number of imide groups is 1. The van der Waals surface area contributed by atoms with Gasteiger partial charge in [-0.05, 0) is 49.4 Å². The molecule has 0 spiro atoms. The van der Waals surface area contributed by atoms with E-state index in [1.807, 2.05) is 27.7 Å². The number of likely N-dealkylation sites (tertiary alicyclic amines) is 1. The SMILES string of the molecule is CNC(C(=O)NC(C(=O)N(C)C(/C=C(\C)C(=O)N[C@H](CCC(=O)O)C(=O)O)C(C)C)C(C)(C)C)C(C)(C)c1ccc(C(=O)NCCN2C(=O)CC(SC[C@H](N)C(=O)O)C2=O)cc1. The largest absolute Gasteiger partial charge is 0.481 e. The van der Waals surface area contributed by atoms with E-state index in [9.17, 15) is 48.3 Å². The minimum atomic E-state index is -1.43. The van der Waals surface area contributed by atoms with Gasteiger partial charge < -0.3 is 47.2 Å². The lowest BCUT2D eigenvalue weighted by Gasteiger charge is -2.40. The Bertz CT molecular complexity index is 1880. The maximum atomic E-state index is 14.3. The number of carboxylic acid groups (broad SMARTS) is 3. The van der Waals surface area contributed by atoms with E-state index in [1.54, 1.807) is 59.1 Å². The number of nitrogens with two attached hydrogens (primary N) is 1. The van der Waals surface area contributed by atoms with Crippen molar-refractivity contribution in [2.75, 3.05) is 32.9 Å². The summed E-state index contributed by atoms with van der Waals surface area (Å²) in [6.45, 7) is 14.1. The number of amides is 6. The Morgan fingerprint density at radius 2 is 1.55 bits per heavy atom. The predicted octanol–water partition coefficient (Wildman–Crippen LogP) is 0.949. The third kappa shape index (κ3) is 14.4.